The predicted molar refractivity (Wildman–Crippen MR) is 180 cm³/mol. The van der Waals surface area contributed by atoms with Crippen LogP contribution in [-0.4, -0.2) is 125 Å². The highest BCUT2D eigenvalue weighted by molar-refractivity contribution is 5.70. The number of rotatable bonds is 11. The Balaban J connectivity index is 1.79. The molecular weight excluding hydrogens is 604 g/mol. The Morgan fingerprint density at radius 1 is 1.23 bits per heavy atom. The van der Waals surface area contributed by atoms with Crippen molar-refractivity contribution in [1.82, 2.24) is 9.80 Å². The number of carbonyl (C=O) groups is 2. The van der Waals surface area contributed by atoms with Gasteiger partial charge in [0.25, 0.3) is 0 Å². The number of cyclic esters (lactones) is 1. The molecule has 1 amide bonds. The average molecular weight is 665 g/mol. The Bertz CT molecular complexity index is 1120. The standard InChI is InChI=1S/C36H60N2O9/c1-9-28(40)26(5)33-29(45-33)23-35(6,43)16-11-12-24(3)32-25(4)13-14-30(46-34(42)38-20-18-37(8)19-21-38)36(7,44-10-2)17-15-27(39)22-31(41)47-32/h11-14,16,25-30,32-33,39-40,43H,9-10,15,17-23H2,1-8H3/b14-13+,16-11+,24-12+/t25-,26-,27+,28-,29+,30-,32+,33+,35-,36+/m0/s1. The number of allylic oxidation sites excluding steroid dienone is 2. The van der Waals surface area contributed by atoms with Crippen molar-refractivity contribution >= 4 is 12.1 Å². The molecule has 0 bridgehead atoms. The molecule has 0 aliphatic carbocycles. The van der Waals surface area contributed by atoms with Gasteiger partial charge in [-0.05, 0) is 65.7 Å². The van der Waals surface area contributed by atoms with Crippen LogP contribution in [0.3, 0.4) is 0 Å². The lowest BCUT2D eigenvalue weighted by Crippen LogP contribution is -2.51. The Morgan fingerprint density at radius 2 is 1.91 bits per heavy atom. The Labute approximate surface area is 281 Å². The van der Waals surface area contributed by atoms with Crippen molar-refractivity contribution in [2.24, 2.45) is 11.8 Å². The van der Waals surface area contributed by atoms with Crippen LogP contribution in [0.25, 0.3) is 0 Å². The molecule has 3 aliphatic rings. The summed E-state index contributed by atoms with van der Waals surface area (Å²) in [5.74, 6) is -0.830. The third-order valence-electron chi connectivity index (χ3n) is 9.81. The monoisotopic (exact) mass is 664 g/mol. The minimum atomic E-state index is -1.14. The van der Waals surface area contributed by atoms with E-state index in [1.807, 2.05) is 66.8 Å². The normalized spacial score (nSPS) is 34.8. The number of likely N-dealkylation sites (N-methyl/N-ethyl adjacent to an activating group) is 1. The van der Waals surface area contributed by atoms with Gasteiger partial charge < -0.3 is 44.1 Å². The molecule has 0 spiro atoms. The van der Waals surface area contributed by atoms with Gasteiger partial charge in [0, 0.05) is 51.0 Å². The van der Waals surface area contributed by atoms with Crippen molar-refractivity contribution in [3.05, 3.63) is 36.0 Å². The number of aliphatic hydroxyl groups is 3. The van der Waals surface area contributed by atoms with Gasteiger partial charge in [-0.25, -0.2) is 4.79 Å². The van der Waals surface area contributed by atoms with Gasteiger partial charge in [-0.15, -0.1) is 0 Å². The van der Waals surface area contributed by atoms with E-state index in [0.29, 0.717) is 39.0 Å². The molecule has 0 aromatic heterocycles. The number of piperazine rings is 1. The summed E-state index contributed by atoms with van der Waals surface area (Å²) in [4.78, 5) is 30.1. The first kappa shape index (κ1) is 39.2. The molecule has 0 saturated carbocycles. The molecule has 3 N–H and O–H groups in total. The smallest absolute Gasteiger partial charge is 0.410 e. The SMILES string of the molecule is CCO[C@]1(C)CC[C@@H](O)CC(=O)O[C@H](/C(C)=C/C=C/[C@](C)(O)C[C@H]2O[C@@H]2[C@@H](C)[C@@H](O)CC)[C@@H](C)/C=C/[C@@H]1OC(=O)N1CCN(C)CC1. The molecule has 268 valence electrons. The van der Waals surface area contributed by atoms with Crippen LogP contribution < -0.4 is 0 Å². The van der Waals surface area contributed by atoms with Gasteiger partial charge in [-0.1, -0.05) is 45.1 Å². The molecule has 3 rings (SSSR count). The molecule has 2 fully saturated rings. The Kier molecular flexibility index (Phi) is 14.5. The fourth-order valence-electron chi connectivity index (χ4n) is 6.45. The highest BCUT2D eigenvalue weighted by Crippen LogP contribution is 2.37. The fraction of sp³-hybridized carbons (Fsp3) is 0.778. The summed E-state index contributed by atoms with van der Waals surface area (Å²) in [5.41, 5.74) is -1.33. The fourth-order valence-corrected chi connectivity index (χ4v) is 6.45. The molecular formula is C36H60N2O9. The van der Waals surface area contributed by atoms with Crippen LogP contribution in [0.1, 0.15) is 80.6 Å². The van der Waals surface area contributed by atoms with Gasteiger partial charge in [-0.3, -0.25) is 4.79 Å². The number of epoxide rings is 1. The van der Waals surface area contributed by atoms with Gasteiger partial charge >= 0.3 is 12.1 Å². The van der Waals surface area contributed by atoms with E-state index in [2.05, 4.69) is 4.90 Å². The summed E-state index contributed by atoms with van der Waals surface area (Å²) in [7, 11) is 2.02. The van der Waals surface area contributed by atoms with Gasteiger partial charge in [0.15, 0.2) is 6.10 Å². The van der Waals surface area contributed by atoms with E-state index in [1.54, 1.807) is 24.0 Å². The molecule has 0 unspecified atom stereocenters. The van der Waals surface area contributed by atoms with E-state index in [1.165, 1.54) is 0 Å². The number of hydrogen-bond acceptors (Lipinski definition) is 10. The van der Waals surface area contributed by atoms with Crippen LogP contribution in [0.2, 0.25) is 0 Å². The number of hydrogen-bond donors (Lipinski definition) is 3. The minimum absolute atomic E-state index is 0.00271. The molecule has 10 atom stereocenters. The number of aliphatic hydroxyl groups excluding tert-OH is 2. The summed E-state index contributed by atoms with van der Waals surface area (Å²) in [5, 5.41) is 32.0. The summed E-state index contributed by atoms with van der Waals surface area (Å²) in [6.07, 6.45) is 7.06. The van der Waals surface area contributed by atoms with Gasteiger partial charge in [0.1, 0.15) is 11.7 Å². The average Bonchev–Trinajstić information content (AvgIpc) is 3.77. The highest BCUT2D eigenvalue weighted by Gasteiger charge is 2.47. The zero-order valence-corrected chi connectivity index (χ0v) is 29.8. The van der Waals surface area contributed by atoms with Crippen LogP contribution in [0.15, 0.2) is 36.0 Å². The first-order chi connectivity index (χ1) is 22.1. The van der Waals surface area contributed by atoms with E-state index >= 15 is 0 Å². The van der Waals surface area contributed by atoms with E-state index in [0.717, 1.165) is 18.7 Å². The zero-order valence-electron chi connectivity index (χ0n) is 29.8. The maximum Gasteiger partial charge on any atom is 0.410 e. The Morgan fingerprint density at radius 3 is 2.55 bits per heavy atom. The first-order valence-electron chi connectivity index (χ1n) is 17.3. The van der Waals surface area contributed by atoms with Crippen molar-refractivity contribution < 1.29 is 43.9 Å². The molecule has 2 saturated heterocycles. The van der Waals surface area contributed by atoms with Crippen LogP contribution in [0, 0.1) is 11.8 Å². The summed E-state index contributed by atoms with van der Waals surface area (Å²) in [6, 6.07) is 0. The number of ether oxygens (including phenoxy) is 4. The van der Waals surface area contributed by atoms with Gasteiger partial charge in [-0.2, -0.15) is 0 Å². The molecule has 11 nitrogen and oxygen atoms in total. The third kappa shape index (κ3) is 11.7. The third-order valence-corrected chi connectivity index (χ3v) is 9.81. The molecule has 3 heterocycles. The van der Waals surface area contributed by atoms with E-state index < -0.39 is 47.7 Å². The van der Waals surface area contributed by atoms with Crippen molar-refractivity contribution in [3.8, 4) is 0 Å². The lowest BCUT2D eigenvalue weighted by molar-refractivity contribution is -0.152. The lowest BCUT2D eigenvalue weighted by Gasteiger charge is -2.38. The maximum atomic E-state index is 13.3. The molecule has 0 radical (unpaired) electrons. The van der Waals surface area contributed by atoms with Gasteiger partial charge in [0.05, 0.1) is 36.4 Å². The quantitative estimate of drug-likeness (QED) is 0.128. The minimum Gasteiger partial charge on any atom is -0.457 e. The molecule has 47 heavy (non-hydrogen) atoms. The summed E-state index contributed by atoms with van der Waals surface area (Å²) >= 11 is 0. The number of carbonyl (C=O) groups excluding carboxylic acids is 2. The molecule has 0 aromatic rings. The van der Waals surface area contributed by atoms with Crippen molar-refractivity contribution in [2.45, 2.75) is 128 Å². The number of amides is 1. The van der Waals surface area contributed by atoms with Crippen LogP contribution >= 0.6 is 0 Å². The summed E-state index contributed by atoms with van der Waals surface area (Å²) < 4.78 is 24.0. The van der Waals surface area contributed by atoms with E-state index in [-0.39, 0.29) is 36.9 Å². The number of nitrogens with zero attached hydrogens (tertiary/aromatic N) is 2. The zero-order chi connectivity index (χ0) is 34.9. The predicted octanol–water partition coefficient (Wildman–Crippen LogP) is 4.00. The Hall–Kier alpha value is -2.28. The van der Waals surface area contributed by atoms with Crippen molar-refractivity contribution in [1.29, 1.82) is 0 Å². The number of esters is 1. The lowest BCUT2D eigenvalue weighted by atomic mass is 9.88. The van der Waals surface area contributed by atoms with E-state index in [4.69, 9.17) is 18.9 Å². The largest absolute Gasteiger partial charge is 0.457 e. The molecule has 11 heteroatoms. The highest BCUT2D eigenvalue weighted by atomic mass is 16.6. The van der Waals surface area contributed by atoms with Crippen molar-refractivity contribution in [2.75, 3.05) is 39.8 Å². The second-order valence-corrected chi connectivity index (χ2v) is 14.2. The van der Waals surface area contributed by atoms with Gasteiger partial charge in [0.2, 0.25) is 0 Å². The van der Waals surface area contributed by atoms with Crippen LogP contribution in [0.5, 0.6) is 0 Å². The molecule has 3 aliphatic heterocycles. The topological polar surface area (TPSA) is 142 Å². The first-order valence-corrected chi connectivity index (χ1v) is 17.3. The second kappa shape index (κ2) is 17.4. The van der Waals surface area contributed by atoms with Crippen LogP contribution in [-0.2, 0) is 23.7 Å². The summed E-state index contributed by atoms with van der Waals surface area (Å²) in [6.45, 7) is 16.2. The van der Waals surface area contributed by atoms with E-state index in [9.17, 15) is 24.9 Å². The molecule has 0 aromatic carbocycles. The van der Waals surface area contributed by atoms with Crippen molar-refractivity contribution in [3.63, 3.8) is 0 Å². The second-order valence-electron chi connectivity index (χ2n) is 14.2. The van der Waals surface area contributed by atoms with Crippen LogP contribution in [0.4, 0.5) is 4.79 Å². The maximum absolute atomic E-state index is 13.3.